The van der Waals surface area contributed by atoms with Crippen molar-refractivity contribution >= 4 is 57.7 Å². The van der Waals surface area contributed by atoms with Crippen molar-refractivity contribution in [3.05, 3.63) is 77.6 Å². The Labute approximate surface area is 300 Å². The first-order valence-corrected chi connectivity index (χ1v) is 17.0. The van der Waals surface area contributed by atoms with Crippen molar-refractivity contribution < 1.29 is 70.3 Å². The number of carbonyl (C=O) groups is 8. The molecule has 280 valence electrons. The third kappa shape index (κ3) is 10.8. The molecule has 2 bridgehead atoms. The monoisotopic (exact) mass is 744 g/mol. The highest BCUT2D eigenvalue weighted by atomic mass is 32.2. The molecule has 0 aromatic heterocycles. The maximum absolute atomic E-state index is 12.0. The van der Waals surface area contributed by atoms with Crippen molar-refractivity contribution in [2.75, 3.05) is 0 Å². The standard InChI is InChI=1S/C14H12O6.C7H8O3S.C6H10O.C5H8O2.C4H2O3/c1-4-3-14(2)8-6(10(15)19-12(8)17)5(4)7-9(14)13(18)20-11(7)16;1-6-2-4-7(5-3-6)11(8,9)10;1-5(2)4-6(3)7;1-4(2)7-5(3)6;5-3-1-2-4(6)7-3/h3,5-9H,1-2H3;2-5H,1H3,(H,8,9,10);4H,1-3H3;1H2,2-3H3;1-2H. The van der Waals surface area contributed by atoms with Crippen LogP contribution in [-0.2, 0) is 67.4 Å². The summed E-state index contributed by atoms with van der Waals surface area (Å²) in [5.74, 6) is -6.46. The molecule has 4 atom stereocenters. The van der Waals surface area contributed by atoms with Crippen LogP contribution in [0, 0.1) is 41.9 Å². The van der Waals surface area contributed by atoms with Crippen LogP contribution < -0.4 is 0 Å². The molecule has 4 unspecified atom stereocenters. The first-order chi connectivity index (χ1) is 23.9. The highest BCUT2D eigenvalue weighted by Crippen LogP contribution is 2.64. The van der Waals surface area contributed by atoms with E-state index < -0.39 is 80.9 Å². The van der Waals surface area contributed by atoms with E-state index in [4.69, 9.17) is 14.0 Å². The van der Waals surface area contributed by atoms with Crippen LogP contribution in [-0.4, -0.2) is 60.5 Å². The Balaban J connectivity index is 0.000000249. The van der Waals surface area contributed by atoms with Crippen molar-refractivity contribution in [3.63, 3.8) is 0 Å². The molecule has 3 aliphatic heterocycles. The van der Waals surface area contributed by atoms with E-state index in [9.17, 15) is 46.8 Å². The largest absolute Gasteiger partial charge is 0.432 e. The Hall–Kier alpha value is -5.35. The van der Waals surface area contributed by atoms with Crippen LogP contribution in [0.25, 0.3) is 0 Å². The number of aryl methyl sites for hydroxylation is 1. The van der Waals surface area contributed by atoms with Gasteiger partial charge in [0.2, 0.25) is 0 Å². The van der Waals surface area contributed by atoms with Gasteiger partial charge in [0, 0.05) is 30.4 Å². The van der Waals surface area contributed by atoms with Gasteiger partial charge >= 0.3 is 41.8 Å². The average Bonchev–Trinajstić information content (AvgIpc) is 3.62. The van der Waals surface area contributed by atoms with Crippen molar-refractivity contribution in [2.45, 2.75) is 60.3 Å². The van der Waals surface area contributed by atoms with E-state index in [-0.39, 0.29) is 16.6 Å². The number of ether oxygens (including phenoxy) is 4. The minimum absolute atomic E-state index is 0.0666. The topological polar surface area (TPSA) is 228 Å². The maximum atomic E-state index is 12.0. The van der Waals surface area contributed by atoms with E-state index in [0.29, 0.717) is 5.76 Å². The number of rotatable bonds is 3. The lowest BCUT2D eigenvalue weighted by Crippen LogP contribution is -2.57. The van der Waals surface area contributed by atoms with Crippen LogP contribution in [0.4, 0.5) is 0 Å². The number of benzene rings is 1. The molecule has 0 amide bonds. The summed E-state index contributed by atoms with van der Waals surface area (Å²) in [6.07, 6.45) is 5.63. The summed E-state index contributed by atoms with van der Waals surface area (Å²) in [5, 5.41) is 0. The average molecular weight is 745 g/mol. The first kappa shape index (κ1) is 42.8. The molecule has 15 nitrogen and oxygen atoms in total. The number of allylic oxidation sites excluding steroid dienone is 5. The predicted molar refractivity (Wildman–Crippen MR) is 179 cm³/mol. The van der Waals surface area contributed by atoms with Gasteiger partial charge < -0.3 is 18.9 Å². The lowest BCUT2D eigenvalue weighted by atomic mass is 9.46. The zero-order chi connectivity index (χ0) is 39.9. The molecule has 52 heavy (non-hydrogen) atoms. The second-order valence-corrected chi connectivity index (χ2v) is 14.2. The molecule has 1 aromatic rings. The molecule has 1 N–H and O–H groups in total. The Morgan fingerprint density at radius 1 is 0.769 bits per heavy atom. The molecule has 0 spiro atoms. The minimum atomic E-state index is -4.02. The molecular formula is C36H40O15S. The van der Waals surface area contributed by atoms with E-state index in [1.54, 1.807) is 39.0 Å². The lowest BCUT2D eigenvalue weighted by Gasteiger charge is -2.51. The Bertz CT molecular complexity index is 1800. The predicted octanol–water partition coefficient (Wildman–Crippen LogP) is 3.71. The van der Waals surface area contributed by atoms with E-state index >= 15 is 0 Å². The molecule has 1 saturated carbocycles. The van der Waals surface area contributed by atoms with Crippen LogP contribution in [0.3, 0.4) is 0 Å². The molecule has 7 rings (SSSR count). The van der Waals surface area contributed by atoms with E-state index in [1.165, 1.54) is 19.1 Å². The van der Waals surface area contributed by atoms with Crippen LogP contribution in [0.5, 0.6) is 0 Å². The van der Waals surface area contributed by atoms with E-state index in [0.717, 1.165) is 28.9 Å². The minimum Gasteiger partial charge on any atom is -0.432 e. The molecule has 6 aliphatic rings. The van der Waals surface area contributed by atoms with E-state index in [1.807, 2.05) is 33.8 Å². The molecule has 3 heterocycles. The fourth-order valence-electron chi connectivity index (χ4n) is 6.43. The Morgan fingerprint density at radius 3 is 1.48 bits per heavy atom. The highest BCUT2D eigenvalue weighted by molar-refractivity contribution is 7.85. The second kappa shape index (κ2) is 17.2. The number of ketones is 1. The molecular weight excluding hydrogens is 704 g/mol. The van der Waals surface area contributed by atoms with E-state index in [2.05, 4.69) is 16.1 Å². The molecule has 0 radical (unpaired) electrons. The zero-order valence-corrected chi connectivity index (χ0v) is 30.6. The third-order valence-corrected chi connectivity index (χ3v) is 8.90. The molecule has 2 saturated heterocycles. The van der Waals surface area contributed by atoms with Gasteiger partial charge in [-0.05, 0) is 59.8 Å². The SMILES string of the molecule is C=C(C)OC(C)=O.CC(=O)C=C(C)C.CC1=CC2(C)C3C(=O)OC(=O)C3C1C1C(=O)OC(=O)C12.Cc1ccc(S(=O)(=O)O)cc1.O=C1C=CC(=O)O1. The van der Waals surface area contributed by atoms with Crippen LogP contribution in [0.1, 0.15) is 54.0 Å². The summed E-state index contributed by atoms with van der Waals surface area (Å²) in [6, 6.07) is 5.99. The van der Waals surface area contributed by atoms with Crippen molar-refractivity contribution in [3.8, 4) is 0 Å². The fourth-order valence-corrected chi connectivity index (χ4v) is 6.91. The summed E-state index contributed by atoms with van der Waals surface area (Å²) in [5.41, 5.74) is 1.99. The number of carbonyl (C=O) groups excluding carboxylic acids is 8. The molecule has 3 fully saturated rings. The van der Waals surface area contributed by atoms with Gasteiger partial charge in [-0.1, -0.05) is 48.4 Å². The van der Waals surface area contributed by atoms with Crippen LogP contribution in [0.2, 0.25) is 0 Å². The van der Waals surface area contributed by atoms with Crippen molar-refractivity contribution in [1.82, 2.24) is 0 Å². The smallest absolute Gasteiger partial charge is 0.338 e. The Kier molecular flexibility index (Phi) is 14.2. The summed E-state index contributed by atoms with van der Waals surface area (Å²) in [7, 11) is -4.02. The highest BCUT2D eigenvalue weighted by Gasteiger charge is 2.73. The lowest BCUT2D eigenvalue weighted by molar-refractivity contribution is -0.156. The third-order valence-electron chi connectivity index (χ3n) is 8.04. The maximum Gasteiger partial charge on any atom is 0.338 e. The number of cyclic esters (lactones) is 6. The van der Waals surface area contributed by atoms with Gasteiger partial charge in [0.25, 0.3) is 10.1 Å². The van der Waals surface area contributed by atoms with Gasteiger partial charge in [0.15, 0.2) is 5.78 Å². The first-order valence-electron chi connectivity index (χ1n) is 15.6. The quantitative estimate of drug-likeness (QED) is 0.0885. The Morgan fingerprint density at radius 2 is 1.21 bits per heavy atom. The van der Waals surface area contributed by atoms with Gasteiger partial charge in [-0.2, -0.15) is 8.42 Å². The summed E-state index contributed by atoms with van der Waals surface area (Å²) >= 11 is 0. The molecule has 3 aliphatic carbocycles. The second-order valence-electron chi connectivity index (χ2n) is 12.8. The van der Waals surface area contributed by atoms with Gasteiger partial charge in [-0.15, -0.1) is 0 Å². The summed E-state index contributed by atoms with van der Waals surface area (Å²) in [4.78, 5) is 87.8. The van der Waals surface area contributed by atoms with Gasteiger partial charge in [0.1, 0.15) is 0 Å². The molecule has 1 aromatic carbocycles. The van der Waals surface area contributed by atoms with Crippen molar-refractivity contribution in [2.24, 2.45) is 35.0 Å². The summed E-state index contributed by atoms with van der Waals surface area (Å²) in [6.45, 7) is 17.1. The number of hydrogen-bond donors (Lipinski definition) is 1. The van der Waals surface area contributed by atoms with Gasteiger partial charge in [-0.25, -0.2) is 9.59 Å². The van der Waals surface area contributed by atoms with Crippen LogP contribution in [0.15, 0.2) is 76.9 Å². The van der Waals surface area contributed by atoms with Gasteiger partial charge in [-0.3, -0.25) is 33.3 Å². The van der Waals surface area contributed by atoms with Crippen molar-refractivity contribution in [1.29, 1.82) is 0 Å². The normalized spacial score (nSPS) is 25.6. The zero-order valence-electron chi connectivity index (χ0n) is 29.8. The number of hydrogen-bond acceptors (Lipinski definition) is 14. The fraction of sp³-hybridized carbons (Fsp3) is 0.389. The molecule has 16 heteroatoms. The van der Waals surface area contributed by atoms with Gasteiger partial charge in [0.05, 0.1) is 34.3 Å². The van der Waals surface area contributed by atoms with Crippen LogP contribution >= 0.6 is 0 Å². The number of esters is 7. The summed E-state index contributed by atoms with van der Waals surface area (Å²) < 4.78 is 47.5.